The molecule has 0 radical (unpaired) electrons. The fourth-order valence-electron chi connectivity index (χ4n) is 2.05. The summed E-state index contributed by atoms with van der Waals surface area (Å²) in [6.45, 7) is 4.44. The summed E-state index contributed by atoms with van der Waals surface area (Å²) in [5, 5.41) is 0. The third kappa shape index (κ3) is 3.85. The molecule has 1 aromatic heterocycles. The molecule has 0 fully saturated rings. The van der Waals surface area contributed by atoms with Crippen molar-refractivity contribution in [1.29, 1.82) is 0 Å². The summed E-state index contributed by atoms with van der Waals surface area (Å²) in [6.07, 6.45) is 0. The van der Waals surface area contributed by atoms with Gasteiger partial charge >= 0.3 is 0 Å². The van der Waals surface area contributed by atoms with Gasteiger partial charge in [-0.1, -0.05) is 6.92 Å². The molecule has 7 heteroatoms. The molecular formula is C14H17BrN2O2S2. The van der Waals surface area contributed by atoms with Crippen LogP contribution in [-0.4, -0.2) is 19.3 Å². The Labute approximate surface area is 137 Å². The van der Waals surface area contributed by atoms with Crippen LogP contribution in [0.25, 0.3) is 0 Å². The van der Waals surface area contributed by atoms with Gasteiger partial charge in [0.1, 0.15) is 0 Å². The van der Waals surface area contributed by atoms with E-state index >= 15 is 0 Å². The highest BCUT2D eigenvalue weighted by Gasteiger charge is 2.24. The van der Waals surface area contributed by atoms with Gasteiger partial charge in [-0.3, -0.25) is 0 Å². The average molecular weight is 389 g/mol. The molecule has 0 aliphatic heterocycles. The predicted molar refractivity (Wildman–Crippen MR) is 90.9 cm³/mol. The van der Waals surface area contributed by atoms with Gasteiger partial charge in [0.2, 0.25) is 10.0 Å². The van der Waals surface area contributed by atoms with Crippen molar-refractivity contribution in [2.75, 3.05) is 12.3 Å². The summed E-state index contributed by atoms with van der Waals surface area (Å²) in [5.74, 6) is 0. The molecular weight excluding hydrogens is 372 g/mol. The molecule has 0 aliphatic rings. The van der Waals surface area contributed by atoms with Crippen molar-refractivity contribution >= 4 is 43.0 Å². The zero-order valence-corrected chi connectivity index (χ0v) is 15.1. The van der Waals surface area contributed by atoms with Gasteiger partial charge in [0.15, 0.2) is 0 Å². The molecule has 2 rings (SSSR count). The highest BCUT2D eigenvalue weighted by atomic mass is 79.9. The first-order valence-corrected chi connectivity index (χ1v) is 9.49. The maximum absolute atomic E-state index is 12.7. The number of hydrogen-bond acceptors (Lipinski definition) is 4. The SMILES string of the molecule is CCN(Cc1ccc(Br)s1)S(=O)(=O)c1cc(C)cc(N)c1. The zero-order valence-electron chi connectivity index (χ0n) is 11.8. The highest BCUT2D eigenvalue weighted by molar-refractivity contribution is 9.11. The van der Waals surface area contributed by atoms with Crippen molar-refractivity contribution in [2.45, 2.75) is 25.3 Å². The van der Waals surface area contributed by atoms with Gasteiger partial charge in [-0.15, -0.1) is 11.3 Å². The van der Waals surface area contributed by atoms with Crippen molar-refractivity contribution in [3.63, 3.8) is 0 Å². The van der Waals surface area contributed by atoms with E-state index in [4.69, 9.17) is 5.73 Å². The summed E-state index contributed by atoms with van der Waals surface area (Å²) < 4.78 is 27.9. The number of halogens is 1. The normalized spacial score (nSPS) is 12.0. The lowest BCUT2D eigenvalue weighted by Gasteiger charge is -2.20. The summed E-state index contributed by atoms with van der Waals surface area (Å²) >= 11 is 4.93. The van der Waals surface area contributed by atoms with Crippen LogP contribution in [0.15, 0.2) is 39.0 Å². The van der Waals surface area contributed by atoms with Crippen molar-refractivity contribution in [3.05, 3.63) is 44.6 Å². The summed E-state index contributed by atoms with van der Waals surface area (Å²) in [5.41, 5.74) is 7.06. The number of nitrogen functional groups attached to an aromatic ring is 1. The molecule has 0 saturated heterocycles. The largest absolute Gasteiger partial charge is 0.399 e. The minimum Gasteiger partial charge on any atom is -0.399 e. The van der Waals surface area contributed by atoms with Gasteiger partial charge in [0.05, 0.1) is 8.68 Å². The monoisotopic (exact) mass is 388 g/mol. The summed E-state index contributed by atoms with van der Waals surface area (Å²) in [4.78, 5) is 1.24. The molecule has 0 saturated carbocycles. The highest BCUT2D eigenvalue weighted by Crippen LogP contribution is 2.26. The van der Waals surface area contributed by atoms with Crippen molar-refractivity contribution in [2.24, 2.45) is 0 Å². The van der Waals surface area contributed by atoms with Crippen molar-refractivity contribution in [3.8, 4) is 0 Å². The Kier molecular flexibility index (Phi) is 5.08. The number of benzene rings is 1. The third-order valence-electron chi connectivity index (χ3n) is 3.02. The van der Waals surface area contributed by atoms with Crippen LogP contribution in [0.4, 0.5) is 5.69 Å². The van der Waals surface area contributed by atoms with E-state index in [1.807, 2.05) is 26.0 Å². The molecule has 21 heavy (non-hydrogen) atoms. The number of sulfonamides is 1. The Morgan fingerprint density at radius 2 is 2.00 bits per heavy atom. The first-order valence-electron chi connectivity index (χ1n) is 6.44. The zero-order chi connectivity index (χ0) is 15.6. The smallest absolute Gasteiger partial charge is 0.243 e. The Morgan fingerprint density at radius 3 is 2.52 bits per heavy atom. The first-order chi connectivity index (χ1) is 9.82. The Morgan fingerprint density at radius 1 is 1.29 bits per heavy atom. The number of rotatable bonds is 5. The van der Waals surface area contributed by atoms with Gasteiger partial charge in [-0.05, 0) is 58.7 Å². The molecule has 1 aromatic carbocycles. The molecule has 0 bridgehead atoms. The van der Waals surface area contributed by atoms with Crippen LogP contribution in [0.1, 0.15) is 17.4 Å². The van der Waals surface area contributed by atoms with Crippen LogP contribution >= 0.6 is 27.3 Å². The molecule has 2 N–H and O–H groups in total. The third-order valence-corrected chi connectivity index (χ3v) is 6.53. The van der Waals surface area contributed by atoms with E-state index in [-0.39, 0.29) is 4.90 Å². The summed E-state index contributed by atoms with van der Waals surface area (Å²) in [7, 11) is -3.54. The predicted octanol–water partition coefficient (Wildman–Crippen LogP) is 3.61. The van der Waals surface area contributed by atoms with E-state index in [9.17, 15) is 8.42 Å². The Balaban J connectivity index is 2.35. The van der Waals surface area contributed by atoms with Gasteiger partial charge in [0, 0.05) is 23.7 Å². The second-order valence-electron chi connectivity index (χ2n) is 4.72. The number of hydrogen-bond donors (Lipinski definition) is 1. The van der Waals surface area contributed by atoms with Gasteiger partial charge in [-0.2, -0.15) is 4.31 Å². The molecule has 4 nitrogen and oxygen atoms in total. The maximum atomic E-state index is 12.7. The quantitative estimate of drug-likeness (QED) is 0.795. The van der Waals surface area contributed by atoms with Crippen molar-refractivity contribution in [1.82, 2.24) is 4.31 Å². The first kappa shape index (κ1) is 16.5. The van der Waals surface area contributed by atoms with E-state index in [2.05, 4.69) is 15.9 Å². The van der Waals surface area contributed by atoms with Gasteiger partial charge in [-0.25, -0.2) is 8.42 Å². The van der Waals surface area contributed by atoms with Gasteiger partial charge < -0.3 is 5.73 Å². The van der Waals surface area contributed by atoms with Crippen LogP contribution in [-0.2, 0) is 16.6 Å². The van der Waals surface area contributed by atoms with Gasteiger partial charge in [0.25, 0.3) is 0 Å². The molecule has 0 aliphatic carbocycles. The van der Waals surface area contributed by atoms with Crippen LogP contribution in [0.3, 0.4) is 0 Å². The molecule has 0 amide bonds. The molecule has 1 heterocycles. The minimum atomic E-state index is -3.54. The number of anilines is 1. The number of nitrogens with zero attached hydrogens (tertiary/aromatic N) is 1. The fourth-order valence-corrected chi connectivity index (χ4v) is 5.20. The average Bonchev–Trinajstić information content (AvgIpc) is 2.80. The summed E-state index contributed by atoms with van der Waals surface area (Å²) in [6, 6.07) is 8.77. The molecule has 0 spiro atoms. The molecule has 0 atom stereocenters. The topological polar surface area (TPSA) is 63.4 Å². The number of thiophene rings is 1. The van der Waals surface area contributed by atoms with Crippen LogP contribution in [0.2, 0.25) is 0 Å². The van der Waals surface area contributed by atoms with Crippen LogP contribution in [0, 0.1) is 6.92 Å². The number of aryl methyl sites for hydroxylation is 1. The lowest BCUT2D eigenvalue weighted by atomic mass is 10.2. The number of nitrogens with two attached hydrogens (primary N) is 1. The molecule has 2 aromatic rings. The molecule has 114 valence electrons. The van der Waals surface area contributed by atoms with Crippen LogP contribution in [0.5, 0.6) is 0 Å². The second-order valence-corrected chi connectivity index (χ2v) is 9.20. The standard InChI is InChI=1S/C14H17BrN2O2S2/c1-3-17(9-12-4-5-14(15)20-12)21(18,19)13-7-10(2)6-11(16)8-13/h4-8H,3,9,16H2,1-2H3. The second kappa shape index (κ2) is 6.48. The van der Waals surface area contributed by atoms with Crippen molar-refractivity contribution < 1.29 is 8.42 Å². The van der Waals surface area contributed by atoms with E-state index in [0.29, 0.717) is 18.8 Å². The fraction of sp³-hybridized carbons (Fsp3) is 0.286. The van der Waals surface area contributed by atoms with E-state index in [1.165, 1.54) is 21.7 Å². The molecule has 0 unspecified atom stereocenters. The maximum Gasteiger partial charge on any atom is 0.243 e. The Hall–Kier alpha value is -0.890. The Bertz CT molecular complexity index is 721. The van der Waals surface area contributed by atoms with E-state index in [0.717, 1.165) is 14.2 Å². The van der Waals surface area contributed by atoms with E-state index in [1.54, 1.807) is 12.1 Å². The minimum absolute atomic E-state index is 0.248. The lowest BCUT2D eigenvalue weighted by Crippen LogP contribution is -2.30. The van der Waals surface area contributed by atoms with Crippen LogP contribution < -0.4 is 5.73 Å². The lowest BCUT2D eigenvalue weighted by molar-refractivity contribution is 0.426. The van der Waals surface area contributed by atoms with E-state index < -0.39 is 10.0 Å².